The molecule has 0 aliphatic carbocycles. The van der Waals surface area contributed by atoms with Crippen LogP contribution in [0.1, 0.15) is 19.8 Å². The molecule has 0 saturated carbocycles. The second-order valence-corrected chi connectivity index (χ2v) is 4.85. The van der Waals surface area contributed by atoms with E-state index >= 15 is 0 Å². The Bertz CT molecular complexity index is 363. The van der Waals surface area contributed by atoms with Gasteiger partial charge in [0, 0.05) is 12.7 Å². The van der Waals surface area contributed by atoms with Crippen LogP contribution in [0.3, 0.4) is 0 Å². The van der Waals surface area contributed by atoms with Crippen LogP contribution in [0.4, 0.5) is 0 Å². The van der Waals surface area contributed by atoms with E-state index in [1.54, 1.807) is 17.8 Å². The van der Waals surface area contributed by atoms with Crippen LogP contribution in [0, 0.1) is 0 Å². The van der Waals surface area contributed by atoms with Crippen LogP contribution in [0.25, 0.3) is 0 Å². The highest BCUT2D eigenvalue weighted by Crippen LogP contribution is 2.12. The van der Waals surface area contributed by atoms with E-state index in [1.165, 1.54) is 7.11 Å². The van der Waals surface area contributed by atoms with Crippen LogP contribution in [-0.4, -0.2) is 28.4 Å². The van der Waals surface area contributed by atoms with Crippen molar-refractivity contribution < 1.29 is 9.53 Å². The monoisotopic (exact) mass is 289 g/mol. The Morgan fingerprint density at radius 1 is 1.75 bits per heavy atom. The van der Waals surface area contributed by atoms with E-state index in [9.17, 15) is 4.79 Å². The number of carbonyl (C=O) groups excluding carboxylic acids is 1. The molecule has 1 atom stereocenters. The van der Waals surface area contributed by atoms with E-state index in [0.717, 1.165) is 17.4 Å². The van der Waals surface area contributed by atoms with Gasteiger partial charge in [0.2, 0.25) is 0 Å². The van der Waals surface area contributed by atoms with Gasteiger partial charge in [-0.05, 0) is 35.7 Å². The third kappa shape index (κ3) is 3.61. The normalized spacial score (nSPS) is 14.5. The average Bonchev–Trinajstić information content (AvgIpc) is 2.62. The van der Waals surface area contributed by atoms with Crippen LogP contribution in [-0.2, 0) is 16.1 Å². The molecular formula is C10H16BrN3O2. The molecule has 1 heterocycles. The molecular weight excluding hydrogens is 274 g/mol. The molecule has 0 aliphatic rings. The summed E-state index contributed by atoms with van der Waals surface area (Å²) in [4.78, 5) is 11.3. The fraction of sp³-hybridized carbons (Fsp3) is 0.600. The summed E-state index contributed by atoms with van der Waals surface area (Å²) >= 11 is 3.32. The molecule has 0 amide bonds. The molecule has 6 heteroatoms. The van der Waals surface area contributed by atoms with Crippen molar-refractivity contribution in [2.24, 2.45) is 5.73 Å². The molecule has 0 aliphatic heterocycles. The van der Waals surface area contributed by atoms with Crippen molar-refractivity contribution in [1.82, 2.24) is 9.78 Å². The Morgan fingerprint density at radius 2 is 2.44 bits per heavy atom. The number of nitrogens with zero attached hydrogens (tertiary/aromatic N) is 2. The SMILES string of the molecule is COC(=O)C(C)(N)CCCn1cc(Br)cn1. The first-order valence-electron chi connectivity index (χ1n) is 5.01. The molecule has 1 rings (SSSR count). The molecule has 1 aromatic rings. The number of esters is 1. The van der Waals surface area contributed by atoms with Gasteiger partial charge < -0.3 is 10.5 Å². The summed E-state index contributed by atoms with van der Waals surface area (Å²) in [5, 5.41) is 4.11. The summed E-state index contributed by atoms with van der Waals surface area (Å²) in [5.41, 5.74) is 4.91. The third-order valence-electron chi connectivity index (χ3n) is 2.34. The predicted octanol–water partition coefficient (Wildman–Crippen LogP) is 1.32. The topological polar surface area (TPSA) is 70.1 Å². The van der Waals surface area contributed by atoms with Crippen molar-refractivity contribution in [2.45, 2.75) is 31.8 Å². The van der Waals surface area contributed by atoms with Crippen LogP contribution < -0.4 is 5.73 Å². The molecule has 16 heavy (non-hydrogen) atoms. The highest BCUT2D eigenvalue weighted by molar-refractivity contribution is 9.10. The Morgan fingerprint density at radius 3 is 2.94 bits per heavy atom. The van der Waals surface area contributed by atoms with Crippen molar-refractivity contribution in [1.29, 1.82) is 0 Å². The van der Waals surface area contributed by atoms with Gasteiger partial charge in [0.05, 0.1) is 17.8 Å². The molecule has 0 spiro atoms. The molecule has 0 bridgehead atoms. The van der Waals surface area contributed by atoms with Gasteiger partial charge in [-0.15, -0.1) is 0 Å². The Hall–Kier alpha value is -0.880. The lowest BCUT2D eigenvalue weighted by molar-refractivity contribution is -0.146. The number of halogens is 1. The first-order valence-corrected chi connectivity index (χ1v) is 5.80. The lowest BCUT2D eigenvalue weighted by Gasteiger charge is -2.20. The molecule has 90 valence electrons. The van der Waals surface area contributed by atoms with Crippen molar-refractivity contribution >= 4 is 21.9 Å². The van der Waals surface area contributed by atoms with Gasteiger partial charge in [0.25, 0.3) is 0 Å². The number of hydrogen-bond acceptors (Lipinski definition) is 4. The van der Waals surface area contributed by atoms with Crippen LogP contribution in [0.2, 0.25) is 0 Å². The van der Waals surface area contributed by atoms with Gasteiger partial charge in [-0.25, -0.2) is 0 Å². The zero-order valence-corrected chi connectivity index (χ0v) is 11.0. The predicted molar refractivity (Wildman–Crippen MR) is 63.8 cm³/mol. The highest BCUT2D eigenvalue weighted by Gasteiger charge is 2.28. The van der Waals surface area contributed by atoms with Crippen molar-refractivity contribution in [3.8, 4) is 0 Å². The van der Waals surface area contributed by atoms with Gasteiger partial charge in [-0.1, -0.05) is 0 Å². The number of methoxy groups -OCH3 is 1. The third-order valence-corrected chi connectivity index (χ3v) is 2.75. The largest absolute Gasteiger partial charge is 0.468 e. The first kappa shape index (κ1) is 13.2. The zero-order chi connectivity index (χ0) is 12.2. The summed E-state index contributed by atoms with van der Waals surface area (Å²) in [5.74, 6) is -0.380. The molecule has 0 saturated heterocycles. The van der Waals surface area contributed by atoms with Crippen LogP contribution in [0.15, 0.2) is 16.9 Å². The summed E-state index contributed by atoms with van der Waals surface area (Å²) in [7, 11) is 1.35. The van der Waals surface area contributed by atoms with Crippen molar-refractivity contribution in [3.05, 3.63) is 16.9 Å². The smallest absolute Gasteiger partial charge is 0.325 e. The number of hydrogen-bond donors (Lipinski definition) is 1. The minimum Gasteiger partial charge on any atom is -0.468 e. The summed E-state index contributed by atoms with van der Waals surface area (Å²) in [6, 6.07) is 0. The lowest BCUT2D eigenvalue weighted by atomic mass is 9.97. The maximum atomic E-state index is 11.3. The van der Waals surface area contributed by atoms with Gasteiger partial charge in [-0.3, -0.25) is 9.48 Å². The molecule has 2 N–H and O–H groups in total. The summed E-state index contributed by atoms with van der Waals surface area (Å²) < 4.78 is 7.37. The van der Waals surface area contributed by atoms with Gasteiger partial charge in [0.1, 0.15) is 5.54 Å². The maximum absolute atomic E-state index is 11.3. The molecule has 0 radical (unpaired) electrons. The van der Waals surface area contributed by atoms with E-state index in [1.807, 2.05) is 6.20 Å². The van der Waals surface area contributed by atoms with Crippen molar-refractivity contribution in [3.63, 3.8) is 0 Å². The average molecular weight is 290 g/mol. The standard InChI is InChI=1S/C10H16BrN3O2/c1-10(12,9(15)16-2)4-3-5-14-7-8(11)6-13-14/h6-7H,3-5,12H2,1-2H3. The first-order chi connectivity index (χ1) is 7.45. The highest BCUT2D eigenvalue weighted by atomic mass is 79.9. The van der Waals surface area contributed by atoms with Gasteiger partial charge in [0.15, 0.2) is 0 Å². The summed E-state index contributed by atoms with van der Waals surface area (Å²) in [6.45, 7) is 2.41. The fourth-order valence-electron chi connectivity index (χ4n) is 1.40. The van der Waals surface area contributed by atoms with E-state index in [-0.39, 0.29) is 5.97 Å². The minimum atomic E-state index is -0.918. The van der Waals surface area contributed by atoms with E-state index in [2.05, 4.69) is 25.8 Å². The maximum Gasteiger partial charge on any atom is 0.325 e. The number of aryl methyl sites for hydroxylation is 1. The fourth-order valence-corrected chi connectivity index (χ4v) is 1.73. The van der Waals surface area contributed by atoms with E-state index in [4.69, 9.17) is 5.73 Å². The Labute approximate surface area is 103 Å². The number of carbonyl (C=O) groups is 1. The molecule has 5 nitrogen and oxygen atoms in total. The molecule has 1 unspecified atom stereocenters. The molecule has 0 aromatic carbocycles. The number of ether oxygens (including phenoxy) is 1. The minimum absolute atomic E-state index is 0.380. The lowest BCUT2D eigenvalue weighted by Crippen LogP contribution is -2.45. The van der Waals surface area contributed by atoms with Crippen molar-refractivity contribution in [2.75, 3.05) is 7.11 Å². The number of nitrogens with two attached hydrogens (primary N) is 1. The Kier molecular flexibility index (Phi) is 4.49. The molecule has 1 aromatic heterocycles. The van der Waals surface area contributed by atoms with Crippen LogP contribution in [0.5, 0.6) is 0 Å². The second-order valence-electron chi connectivity index (χ2n) is 3.93. The van der Waals surface area contributed by atoms with Gasteiger partial charge in [-0.2, -0.15) is 5.10 Å². The number of aromatic nitrogens is 2. The Balaban J connectivity index is 2.38. The summed E-state index contributed by atoms with van der Waals surface area (Å²) in [6.07, 6.45) is 4.95. The van der Waals surface area contributed by atoms with E-state index < -0.39 is 5.54 Å². The van der Waals surface area contributed by atoms with E-state index in [0.29, 0.717) is 6.42 Å². The quantitative estimate of drug-likeness (QED) is 0.830. The van der Waals surface area contributed by atoms with Crippen LogP contribution >= 0.6 is 15.9 Å². The number of rotatable bonds is 5. The molecule has 0 fully saturated rings. The zero-order valence-electron chi connectivity index (χ0n) is 9.44. The van der Waals surface area contributed by atoms with Gasteiger partial charge >= 0.3 is 5.97 Å². The second kappa shape index (κ2) is 5.45.